The van der Waals surface area contributed by atoms with Crippen LogP contribution < -0.4 is 5.32 Å². The van der Waals surface area contributed by atoms with Gasteiger partial charge in [0.05, 0.1) is 5.56 Å². The fourth-order valence-corrected chi connectivity index (χ4v) is 2.93. The molecule has 0 bridgehead atoms. The van der Waals surface area contributed by atoms with Crippen LogP contribution in [0.1, 0.15) is 24.0 Å². The fraction of sp³-hybridized carbons (Fsp3) is 0.500. The summed E-state index contributed by atoms with van der Waals surface area (Å²) in [6, 6.07) is 4.55. The fourth-order valence-electron chi connectivity index (χ4n) is 1.86. The van der Waals surface area contributed by atoms with Crippen LogP contribution in [0, 0.1) is 18.3 Å². The largest absolute Gasteiger partial charge is 0.365 e. The molecule has 1 aromatic rings. The van der Waals surface area contributed by atoms with Gasteiger partial charge in [-0.2, -0.15) is 17.0 Å². The Morgan fingerprint density at radius 2 is 2.50 bits per heavy atom. The van der Waals surface area contributed by atoms with Crippen molar-refractivity contribution in [1.29, 1.82) is 5.26 Å². The van der Waals surface area contributed by atoms with E-state index < -0.39 is 0 Å². The van der Waals surface area contributed by atoms with E-state index in [-0.39, 0.29) is 0 Å². The van der Waals surface area contributed by atoms with Crippen molar-refractivity contribution >= 4 is 17.6 Å². The SMILES string of the molecule is Cc1ccnc(NC2CCCSC2)c1C#N. The van der Waals surface area contributed by atoms with E-state index in [1.165, 1.54) is 18.6 Å². The molecule has 2 heterocycles. The topological polar surface area (TPSA) is 48.7 Å². The second-order valence-corrected chi connectivity index (χ2v) is 5.17. The van der Waals surface area contributed by atoms with Crippen LogP contribution in [-0.2, 0) is 0 Å². The van der Waals surface area contributed by atoms with Gasteiger partial charge in [0.1, 0.15) is 11.9 Å². The van der Waals surface area contributed by atoms with Crippen LogP contribution in [0.4, 0.5) is 5.82 Å². The number of hydrogen-bond acceptors (Lipinski definition) is 4. The van der Waals surface area contributed by atoms with Gasteiger partial charge in [0.2, 0.25) is 0 Å². The summed E-state index contributed by atoms with van der Waals surface area (Å²) in [4.78, 5) is 4.26. The molecule has 0 spiro atoms. The predicted molar refractivity (Wildman–Crippen MR) is 67.7 cm³/mol. The lowest BCUT2D eigenvalue weighted by Crippen LogP contribution is -2.26. The summed E-state index contributed by atoms with van der Waals surface area (Å²) in [6.07, 6.45) is 4.18. The summed E-state index contributed by atoms with van der Waals surface area (Å²) in [5, 5.41) is 12.5. The van der Waals surface area contributed by atoms with Crippen LogP contribution in [-0.4, -0.2) is 22.5 Å². The maximum atomic E-state index is 9.09. The quantitative estimate of drug-likeness (QED) is 0.853. The van der Waals surface area contributed by atoms with Crippen LogP contribution in [0.25, 0.3) is 0 Å². The monoisotopic (exact) mass is 233 g/mol. The first kappa shape index (κ1) is 11.3. The number of aryl methyl sites for hydroxylation is 1. The van der Waals surface area contributed by atoms with Crippen LogP contribution >= 0.6 is 11.8 Å². The molecule has 84 valence electrons. The van der Waals surface area contributed by atoms with Gasteiger partial charge >= 0.3 is 0 Å². The lowest BCUT2D eigenvalue weighted by Gasteiger charge is -2.23. The maximum absolute atomic E-state index is 9.09. The number of thioether (sulfide) groups is 1. The van der Waals surface area contributed by atoms with E-state index in [9.17, 15) is 0 Å². The Hall–Kier alpha value is -1.21. The molecular weight excluding hydrogens is 218 g/mol. The van der Waals surface area contributed by atoms with Gasteiger partial charge in [0.25, 0.3) is 0 Å². The first-order valence-corrected chi connectivity index (χ1v) is 6.66. The summed E-state index contributed by atoms with van der Waals surface area (Å²) in [5.41, 5.74) is 1.67. The standard InChI is InChI=1S/C12H15N3S/c1-9-4-5-14-12(11(9)7-13)15-10-3-2-6-16-8-10/h4-5,10H,2-3,6,8H2,1H3,(H,14,15). The Morgan fingerprint density at radius 1 is 1.62 bits per heavy atom. The van der Waals surface area contributed by atoms with Crippen LogP contribution in [0.2, 0.25) is 0 Å². The minimum Gasteiger partial charge on any atom is -0.365 e. The molecule has 0 amide bonds. The number of nitrogens with zero attached hydrogens (tertiary/aromatic N) is 2. The molecule has 1 atom stereocenters. The van der Waals surface area contributed by atoms with Gasteiger partial charge in [-0.1, -0.05) is 0 Å². The van der Waals surface area contributed by atoms with E-state index in [0.717, 1.165) is 17.1 Å². The third-order valence-electron chi connectivity index (χ3n) is 2.77. The molecule has 0 aliphatic carbocycles. The summed E-state index contributed by atoms with van der Waals surface area (Å²) in [6.45, 7) is 1.95. The average molecular weight is 233 g/mol. The molecule has 16 heavy (non-hydrogen) atoms. The van der Waals surface area contributed by atoms with Gasteiger partial charge in [0.15, 0.2) is 0 Å². The summed E-state index contributed by atoms with van der Waals surface area (Å²) < 4.78 is 0. The van der Waals surface area contributed by atoms with Crippen molar-refractivity contribution in [1.82, 2.24) is 4.98 Å². The Balaban J connectivity index is 2.14. The molecule has 1 N–H and O–H groups in total. The van der Waals surface area contributed by atoms with E-state index >= 15 is 0 Å². The van der Waals surface area contributed by atoms with Crippen molar-refractivity contribution in [2.24, 2.45) is 0 Å². The highest BCUT2D eigenvalue weighted by Gasteiger charge is 2.16. The van der Waals surface area contributed by atoms with Gasteiger partial charge < -0.3 is 5.32 Å². The van der Waals surface area contributed by atoms with Crippen molar-refractivity contribution in [3.63, 3.8) is 0 Å². The second-order valence-electron chi connectivity index (χ2n) is 4.02. The zero-order chi connectivity index (χ0) is 11.4. The normalized spacial score (nSPS) is 20.1. The molecule has 4 heteroatoms. The van der Waals surface area contributed by atoms with Crippen molar-refractivity contribution in [3.05, 3.63) is 23.4 Å². The smallest absolute Gasteiger partial charge is 0.144 e. The van der Waals surface area contributed by atoms with E-state index in [0.29, 0.717) is 11.6 Å². The summed E-state index contributed by atoms with van der Waals surface area (Å²) >= 11 is 1.97. The summed E-state index contributed by atoms with van der Waals surface area (Å²) in [7, 11) is 0. The number of anilines is 1. The molecule has 1 aromatic heterocycles. The highest BCUT2D eigenvalue weighted by molar-refractivity contribution is 7.99. The number of nitrogens with one attached hydrogen (secondary N) is 1. The van der Waals surface area contributed by atoms with Gasteiger partial charge in [-0.05, 0) is 37.1 Å². The molecule has 0 radical (unpaired) electrons. The van der Waals surface area contributed by atoms with E-state index in [2.05, 4.69) is 16.4 Å². The molecule has 1 fully saturated rings. The highest BCUT2D eigenvalue weighted by Crippen LogP contribution is 2.22. The first-order valence-electron chi connectivity index (χ1n) is 5.51. The van der Waals surface area contributed by atoms with Crippen molar-refractivity contribution in [2.75, 3.05) is 16.8 Å². The second kappa shape index (κ2) is 5.22. The Bertz CT molecular complexity index is 405. The molecule has 1 unspecified atom stereocenters. The zero-order valence-electron chi connectivity index (χ0n) is 9.36. The number of nitriles is 1. The van der Waals surface area contributed by atoms with E-state index in [4.69, 9.17) is 5.26 Å². The predicted octanol–water partition coefficient (Wildman–Crippen LogP) is 2.57. The highest BCUT2D eigenvalue weighted by atomic mass is 32.2. The van der Waals surface area contributed by atoms with Gasteiger partial charge in [0, 0.05) is 18.0 Å². The van der Waals surface area contributed by atoms with Gasteiger partial charge in [-0.3, -0.25) is 0 Å². The number of rotatable bonds is 2. The van der Waals surface area contributed by atoms with Crippen molar-refractivity contribution in [2.45, 2.75) is 25.8 Å². The number of aromatic nitrogens is 1. The lowest BCUT2D eigenvalue weighted by atomic mass is 10.1. The Morgan fingerprint density at radius 3 is 3.19 bits per heavy atom. The van der Waals surface area contributed by atoms with Crippen molar-refractivity contribution < 1.29 is 0 Å². The van der Waals surface area contributed by atoms with E-state index in [1.807, 2.05) is 24.8 Å². The Labute approximate surface area is 100 Å². The van der Waals surface area contributed by atoms with E-state index in [1.54, 1.807) is 6.20 Å². The molecule has 2 rings (SSSR count). The number of pyridine rings is 1. The van der Waals surface area contributed by atoms with Crippen LogP contribution in [0.15, 0.2) is 12.3 Å². The molecule has 1 aliphatic rings. The molecule has 3 nitrogen and oxygen atoms in total. The molecule has 1 aliphatic heterocycles. The zero-order valence-corrected chi connectivity index (χ0v) is 10.2. The minimum atomic E-state index is 0.458. The third kappa shape index (κ3) is 2.48. The van der Waals surface area contributed by atoms with Crippen LogP contribution in [0.5, 0.6) is 0 Å². The number of hydrogen-bond donors (Lipinski definition) is 1. The molecule has 0 saturated carbocycles. The summed E-state index contributed by atoms with van der Waals surface area (Å²) in [5.74, 6) is 3.11. The van der Waals surface area contributed by atoms with Crippen molar-refractivity contribution in [3.8, 4) is 6.07 Å². The molecule has 0 aromatic carbocycles. The molecule has 1 saturated heterocycles. The Kier molecular flexibility index (Phi) is 3.68. The van der Waals surface area contributed by atoms with Crippen LogP contribution in [0.3, 0.4) is 0 Å². The van der Waals surface area contributed by atoms with Gasteiger partial charge in [-0.15, -0.1) is 0 Å². The average Bonchev–Trinajstić information content (AvgIpc) is 2.31. The lowest BCUT2D eigenvalue weighted by molar-refractivity contribution is 0.682. The van der Waals surface area contributed by atoms with Gasteiger partial charge in [-0.25, -0.2) is 4.98 Å². The first-order chi connectivity index (χ1) is 7.81. The molecular formula is C12H15N3S. The maximum Gasteiger partial charge on any atom is 0.144 e. The minimum absolute atomic E-state index is 0.458. The third-order valence-corrected chi connectivity index (χ3v) is 3.99.